The van der Waals surface area contributed by atoms with E-state index in [9.17, 15) is 9.59 Å². The zero-order chi connectivity index (χ0) is 18.7. The van der Waals surface area contributed by atoms with Gasteiger partial charge in [-0.3, -0.25) is 9.59 Å². The van der Waals surface area contributed by atoms with Gasteiger partial charge >= 0.3 is 0 Å². The van der Waals surface area contributed by atoms with E-state index in [0.717, 1.165) is 4.47 Å². The summed E-state index contributed by atoms with van der Waals surface area (Å²) in [7, 11) is 0. The van der Waals surface area contributed by atoms with E-state index in [1.807, 2.05) is 13.0 Å². The second-order valence-electron chi connectivity index (χ2n) is 5.60. The van der Waals surface area contributed by atoms with E-state index >= 15 is 0 Å². The molecule has 0 saturated carbocycles. The van der Waals surface area contributed by atoms with Gasteiger partial charge in [-0.15, -0.1) is 0 Å². The quantitative estimate of drug-likeness (QED) is 0.629. The Bertz CT molecular complexity index is 1030. The normalized spacial score (nSPS) is 10.6. The summed E-state index contributed by atoms with van der Waals surface area (Å²) in [6, 6.07) is 13.7. The molecule has 0 aliphatic heterocycles. The van der Waals surface area contributed by atoms with E-state index < -0.39 is 0 Å². The van der Waals surface area contributed by atoms with Crippen molar-refractivity contribution in [2.24, 2.45) is 0 Å². The zero-order valence-corrected chi connectivity index (χ0v) is 16.2. The molecule has 132 valence electrons. The van der Waals surface area contributed by atoms with Crippen molar-refractivity contribution in [3.05, 3.63) is 79.6 Å². The average molecular weight is 433 g/mol. The third-order valence-corrected chi connectivity index (χ3v) is 4.55. The van der Waals surface area contributed by atoms with Gasteiger partial charge in [-0.05, 0) is 36.8 Å². The Morgan fingerprint density at radius 3 is 2.81 bits per heavy atom. The fourth-order valence-electron chi connectivity index (χ4n) is 2.44. The summed E-state index contributed by atoms with van der Waals surface area (Å²) in [4.78, 5) is 31.4. The number of anilines is 1. The predicted molar refractivity (Wildman–Crippen MR) is 107 cm³/mol. The van der Waals surface area contributed by atoms with Gasteiger partial charge in [0, 0.05) is 27.5 Å². The molecule has 3 rings (SSSR count). The Balaban J connectivity index is 1.90. The third kappa shape index (κ3) is 4.20. The number of carbonyl (C=O) groups is 1. The lowest BCUT2D eigenvalue weighted by molar-refractivity contribution is 0.102. The molecule has 0 unspecified atom stereocenters. The molecular formula is C19H15BrClN3O2. The Morgan fingerprint density at radius 1 is 1.23 bits per heavy atom. The molecular weight excluding hydrogens is 418 g/mol. The molecule has 0 aliphatic carbocycles. The molecule has 0 fully saturated rings. The minimum atomic E-state index is -0.322. The van der Waals surface area contributed by atoms with E-state index in [2.05, 4.69) is 31.2 Å². The number of benzene rings is 2. The monoisotopic (exact) mass is 431 g/mol. The van der Waals surface area contributed by atoms with E-state index in [-0.39, 0.29) is 11.5 Å². The van der Waals surface area contributed by atoms with E-state index in [1.165, 1.54) is 6.07 Å². The first kappa shape index (κ1) is 18.4. The number of amides is 1. The van der Waals surface area contributed by atoms with Crippen LogP contribution < -0.4 is 10.9 Å². The largest absolute Gasteiger partial charge is 0.322 e. The second kappa shape index (κ2) is 7.85. The van der Waals surface area contributed by atoms with Crippen LogP contribution in [-0.4, -0.2) is 15.9 Å². The molecule has 1 aromatic heterocycles. The Hall–Kier alpha value is -2.44. The zero-order valence-electron chi connectivity index (χ0n) is 13.8. The number of hydrogen-bond acceptors (Lipinski definition) is 3. The maximum Gasteiger partial charge on any atom is 0.257 e. The Morgan fingerprint density at radius 2 is 2.04 bits per heavy atom. The topological polar surface area (TPSA) is 74.8 Å². The molecule has 0 spiro atoms. The molecule has 0 saturated heterocycles. The van der Waals surface area contributed by atoms with Crippen LogP contribution in [0.15, 0.2) is 57.8 Å². The molecule has 5 nitrogen and oxygen atoms in total. The van der Waals surface area contributed by atoms with Crippen molar-refractivity contribution in [1.82, 2.24) is 9.97 Å². The van der Waals surface area contributed by atoms with Crippen molar-refractivity contribution < 1.29 is 4.79 Å². The lowest BCUT2D eigenvalue weighted by Gasteiger charge is -2.09. The first-order valence-corrected chi connectivity index (χ1v) is 9.10. The van der Waals surface area contributed by atoms with Gasteiger partial charge in [0.15, 0.2) is 0 Å². The Labute approximate surface area is 163 Å². The van der Waals surface area contributed by atoms with Crippen LogP contribution >= 0.6 is 27.5 Å². The van der Waals surface area contributed by atoms with Crippen LogP contribution in [0.4, 0.5) is 5.69 Å². The molecule has 2 N–H and O–H groups in total. The van der Waals surface area contributed by atoms with Crippen molar-refractivity contribution in [2.75, 3.05) is 5.32 Å². The summed E-state index contributed by atoms with van der Waals surface area (Å²) in [5, 5.41) is 3.18. The van der Waals surface area contributed by atoms with E-state index in [0.29, 0.717) is 39.8 Å². The van der Waals surface area contributed by atoms with Gasteiger partial charge in [0.05, 0.1) is 10.6 Å². The summed E-state index contributed by atoms with van der Waals surface area (Å²) >= 11 is 9.44. The highest BCUT2D eigenvalue weighted by Crippen LogP contribution is 2.23. The van der Waals surface area contributed by atoms with Crippen LogP contribution in [0.1, 0.15) is 23.0 Å². The van der Waals surface area contributed by atoms with Crippen molar-refractivity contribution in [2.45, 2.75) is 13.3 Å². The van der Waals surface area contributed by atoms with Crippen LogP contribution in [-0.2, 0) is 6.42 Å². The highest BCUT2D eigenvalue weighted by molar-refractivity contribution is 9.10. The van der Waals surface area contributed by atoms with Crippen LogP contribution in [0, 0.1) is 0 Å². The Kier molecular flexibility index (Phi) is 5.54. The fourth-order valence-corrected chi connectivity index (χ4v) is 3.00. The van der Waals surface area contributed by atoms with Crippen molar-refractivity contribution >= 4 is 39.1 Å². The summed E-state index contributed by atoms with van der Waals surface area (Å²) in [5.74, 6) is 0.142. The minimum Gasteiger partial charge on any atom is -0.322 e. The van der Waals surface area contributed by atoms with Gasteiger partial charge < -0.3 is 10.3 Å². The fraction of sp³-hybridized carbons (Fsp3) is 0.105. The van der Waals surface area contributed by atoms with E-state index in [4.69, 9.17) is 11.6 Å². The number of H-pyrrole nitrogens is 1. The SMILES string of the molecule is CCc1cc(=O)[nH]c(-c2cccc(NC(=O)c3cc(Br)ccc3Cl)c2)n1. The maximum absolute atomic E-state index is 12.5. The number of aromatic amines is 1. The third-order valence-electron chi connectivity index (χ3n) is 3.72. The number of hydrogen-bond donors (Lipinski definition) is 2. The van der Waals surface area contributed by atoms with Gasteiger partial charge in [-0.25, -0.2) is 4.98 Å². The molecule has 0 atom stereocenters. The number of aromatic nitrogens is 2. The average Bonchev–Trinajstić information content (AvgIpc) is 2.63. The molecule has 1 heterocycles. The van der Waals surface area contributed by atoms with Crippen molar-refractivity contribution in [3.8, 4) is 11.4 Å². The standard InChI is InChI=1S/C19H15BrClN3O2/c1-2-13-10-17(25)24-18(22-13)11-4-3-5-14(8-11)23-19(26)15-9-12(20)6-7-16(15)21/h3-10H,2H2,1H3,(H,23,26)(H,22,24,25). The number of carbonyl (C=O) groups excluding carboxylic acids is 1. The number of nitrogens with one attached hydrogen (secondary N) is 2. The van der Waals surface area contributed by atoms with Gasteiger partial charge in [-0.1, -0.05) is 46.6 Å². The number of aryl methyl sites for hydroxylation is 1. The molecule has 2 aromatic carbocycles. The molecule has 0 aliphatic rings. The van der Waals surface area contributed by atoms with Crippen molar-refractivity contribution in [1.29, 1.82) is 0 Å². The highest BCUT2D eigenvalue weighted by Gasteiger charge is 2.12. The first-order valence-electron chi connectivity index (χ1n) is 7.93. The molecule has 0 bridgehead atoms. The molecule has 1 amide bonds. The maximum atomic E-state index is 12.5. The van der Waals surface area contributed by atoms with Gasteiger partial charge in [0.25, 0.3) is 11.5 Å². The number of halogens is 2. The molecule has 7 heteroatoms. The highest BCUT2D eigenvalue weighted by atomic mass is 79.9. The van der Waals surface area contributed by atoms with Crippen LogP contribution in [0.3, 0.4) is 0 Å². The van der Waals surface area contributed by atoms with Gasteiger partial charge in [-0.2, -0.15) is 0 Å². The van der Waals surface area contributed by atoms with Gasteiger partial charge in [0.2, 0.25) is 0 Å². The van der Waals surface area contributed by atoms with E-state index in [1.54, 1.807) is 36.4 Å². The summed E-state index contributed by atoms with van der Waals surface area (Å²) in [5.41, 5.74) is 2.15. The predicted octanol–water partition coefficient (Wildman–Crippen LogP) is 4.67. The smallest absolute Gasteiger partial charge is 0.257 e. The van der Waals surface area contributed by atoms with Crippen molar-refractivity contribution in [3.63, 3.8) is 0 Å². The second-order valence-corrected chi connectivity index (χ2v) is 6.92. The van der Waals surface area contributed by atoms with Crippen LogP contribution in [0.2, 0.25) is 5.02 Å². The molecule has 3 aromatic rings. The summed E-state index contributed by atoms with van der Waals surface area (Å²) in [6.07, 6.45) is 0.661. The lowest BCUT2D eigenvalue weighted by Crippen LogP contribution is -2.13. The number of nitrogens with zero attached hydrogens (tertiary/aromatic N) is 1. The number of rotatable bonds is 4. The first-order chi connectivity index (χ1) is 12.5. The summed E-state index contributed by atoms with van der Waals surface area (Å²) in [6.45, 7) is 1.93. The van der Waals surface area contributed by atoms with Crippen LogP contribution in [0.5, 0.6) is 0 Å². The van der Waals surface area contributed by atoms with Crippen LogP contribution in [0.25, 0.3) is 11.4 Å². The van der Waals surface area contributed by atoms with Gasteiger partial charge in [0.1, 0.15) is 5.82 Å². The summed E-state index contributed by atoms with van der Waals surface area (Å²) < 4.78 is 0.763. The molecule has 26 heavy (non-hydrogen) atoms. The lowest BCUT2D eigenvalue weighted by atomic mass is 10.1. The molecule has 0 radical (unpaired) electrons. The minimum absolute atomic E-state index is 0.206.